The molecule has 1 heterocycles. The summed E-state index contributed by atoms with van der Waals surface area (Å²) in [6, 6.07) is 9.09. The monoisotopic (exact) mass is 277 g/mol. The molecule has 0 bridgehead atoms. The van der Waals surface area contributed by atoms with Crippen molar-refractivity contribution >= 4 is 11.8 Å². The molecule has 102 valence electrons. The van der Waals surface area contributed by atoms with Gasteiger partial charge in [-0.2, -0.15) is 4.80 Å². The smallest absolute Gasteiger partial charge is 0.184 e. The zero-order chi connectivity index (χ0) is 13.7. The van der Waals surface area contributed by atoms with E-state index in [1.54, 1.807) is 18.8 Å². The fraction of sp³-hybridized carbons (Fsp3) is 0.462. The predicted molar refractivity (Wildman–Crippen MR) is 76.8 cm³/mol. The average Bonchev–Trinajstić information content (AvgIpc) is 2.81. The summed E-state index contributed by atoms with van der Waals surface area (Å²) in [5.74, 6) is 1.51. The fourth-order valence-corrected chi connectivity index (χ4v) is 2.29. The number of nitrogens with one attached hydrogen (secondary N) is 1. The SMILES string of the molecule is CC(C)NCc1ccc(SCc2nnn(C)n2)cc1. The minimum Gasteiger partial charge on any atom is -0.310 e. The largest absolute Gasteiger partial charge is 0.310 e. The maximum absolute atomic E-state index is 4.16. The highest BCUT2D eigenvalue weighted by molar-refractivity contribution is 7.98. The molecule has 0 atom stereocenters. The van der Waals surface area contributed by atoms with Crippen LogP contribution < -0.4 is 5.32 Å². The topological polar surface area (TPSA) is 55.6 Å². The molecule has 0 aliphatic carbocycles. The number of aryl methyl sites for hydroxylation is 1. The molecular weight excluding hydrogens is 258 g/mol. The van der Waals surface area contributed by atoms with Crippen molar-refractivity contribution in [2.75, 3.05) is 0 Å². The maximum Gasteiger partial charge on any atom is 0.184 e. The fourth-order valence-electron chi connectivity index (χ4n) is 1.55. The molecule has 19 heavy (non-hydrogen) atoms. The molecule has 1 aromatic heterocycles. The lowest BCUT2D eigenvalue weighted by Gasteiger charge is -2.08. The van der Waals surface area contributed by atoms with Crippen LogP contribution in [0.4, 0.5) is 0 Å². The van der Waals surface area contributed by atoms with Crippen molar-refractivity contribution in [2.45, 2.75) is 37.1 Å². The van der Waals surface area contributed by atoms with Gasteiger partial charge in [-0.3, -0.25) is 0 Å². The zero-order valence-corrected chi connectivity index (χ0v) is 12.3. The molecule has 0 aliphatic heterocycles. The number of benzene rings is 1. The van der Waals surface area contributed by atoms with E-state index in [1.165, 1.54) is 15.3 Å². The number of rotatable bonds is 6. The normalized spacial score (nSPS) is 11.2. The Morgan fingerprint density at radius 3 is 2.58 bits per heavy atom. The van der Waals surface area contributed by atoms with Gasteiger partial charge in [-0.05, 0) is 22.9 Å². The first-order valence-electron chi connectivity index (χ1n) is 6.31. The van der Waals surface area contributed by atoms with Gasteiger partial charge in [-0.25, -0.2) is 0 Å². The van der Waals surface area contributed by atoms with Crippen molar-refractivity contribution in [3.05, 3.63) is 35.7 Å². The summed E-state index contributed by atoms with van der Waals surface area (Å²) in [6.07, 6.45) is 0. The Bertz CT molecular complexity index is 506. The second-order valence-corrected chi connectivity index (χ2v) is 5.71. The molecule has 0 saturated heterocycles. The summed E-state index contributed by atoms with van der Waals surface area (Å²) in [7, 11) is 1.78. The van der Waals surface area contributed by atoms with Crippen LogP contribution >= 0.6 is 11.8 Å². The van der Waals surface area contributed by atoms with Crippen LogP contribution in [0.15, 0.2) is 29.2 Å². The second-order valence-electron chi connectivity index (χ2n) is 4.66. The van der Waals surface area contributed by atoms with Crippen LogP contribution in [0.1, 0.15) is 25.2 Å². The highest BCUT2D eigenvalue weighted by Gasteiger charge is 2.02. The molecule has 2 rings (SSSR count). The zero-order valence-electron chi connectivity index (χ0n) is 11.5. The number of thioether (sulfide) groups is 1. The Morgan fingerprint density at radius 1 is 1.26 bits per heavy atom. The summed E-state index contributed by atoms with van der Waals surface area (Å²) in [5.41, 5.74) is 1.30. The average molecular weight is 277 g/mol. The Kier molecular flexibility index (Phi) is 4.93. The van der Waals surface area contributed by atoms with E-state index in [-0.39, 0.29) is 0 Å². The van der Waals surface area contributed by atoms with Crippen molar-refractivity contribution in [3.8, 4) is 0 Å². The van der Waals surface area contributed by atoms with E-state index in [0.29, 0.717) is 6.04 Å². The predicted octanol–water partition coefficient (Wildman–Crippen LogP) is 2.00. The van der Waals surface area contributed by atoms with Crippen LogP contribution in [-0.2, 0) is 19.3 Å². The van der Waals surface area contributed by atoms with Crippen molar-refractivity contribution < 1.29 is 0 Å². The van der Waals surface area contributed by atoms with Gasteiger partial charge in [-0.15, -0.1) is 22.0 Å². The molecule has 0 saturated carbocycles. The van der Waals surface area contributed by atoms with E-state index in [4.69, 9.17) is 0 Å². The Hall–Kier alpha value is -1.40. The first kappa shape index (κ1) is 14.0. The van der Waals surface area contributed by atoms with Crippen LogP contribution in [-0.4, -0.2) is 26.2 Å². The number of nitrogens with zero attached hydrogens (tertiary/aromatic N) is 4. The lowest BCUT2D eigenvalue weighted by molar-refractivity contribution is 0.588. The van der Waals surface area contributed by atoms with E-state index in [1.807, 2.05) is 0 Å². The van der Waals surface area contributed by atoms with Gasteiger partial charge in [0.05, 0.1) is 12.8 Å². The standard InChI is InChI=1S/C13H19N5S/c1-10(2)14-8-11-4-6-12(7-5-11)19-9-13-15-17-18(3)16-13/h4-7,10,14H,8-9H2,1-3H3. The summed E-state index contributed by atoms with van der Waals surface area (Å²) >= 11 is 1.72. The molecule has 0 unspecified atom stereocenters. The molecule has 5 nitrogen and oxygen atoms in total. The molecule has 0 aliphatic rings. The van der Waals surface area contributed by atoms with Gasteiger partial charge in [0.15, 0.2) is 5.82 Å². The highest BCUT2D eigenvalue weighted by Crippen LogP contribution is 2.21. The third-order valence-electron chi connectivity index (χ3n) is 2.56. The molecule has 1 N–H and O–H groups in total. The number of hydrogen-bond acceptors (Lipinski definition) is 5. The van der Waals surface area contributed by atoms with Gasteiger partial charge in [0.1, 0.15) is 0 Å². The van der Waals surface area contributed by atoms with Gasteiger partial charge < -0.3 is 5.32 Å². The Balaban J connectivity index is 1.84. The summed E-state index contributed by atoms with van der Waals surface area (Å²) in [5, 5.41) is 15.3. The molecule has 0 fully saturated rings. The maximum atomic E-state index is 4.16. The molecule has 0 radical (unpaired) electrons. The lowest BCUT2D eigenvalue weighted by atomic mass is 10.2. The van der Waals surface area contributed by atoms with Gasteiger partial charge in [0.25, 0.3) is 0 Å². The minimum atomic E-state index is 0.511. The second kappa shape index (κ2) is 6.68. The molecule has 1 aromatic carbocycles. The van der Waals surface area contributed by atoms with Gasteiger partial charge in [-0.1, -0.05) is 26.0 Å². The van der Waals surface area contributed by atoms with Crippen LogP contribution in [0, 0.1) is 0 Å². The minimum absolute atomic E-state index is 0.511. The van der Waals surface area contributed by atoms with Crippen LogP contribution in [0.25, 0.3) is 0 Å². The Labute approximate surface area is 117 Å². The molecule has 0 amide bonds. The first-order valence-corrected chi connectivity index (χ1v) is 7.30. The molecule has 6 heteroatoms. The lowest BCUT2D eigenvalue weighted by Crippen LogP contribution is -2.21. The first-order chi connectivity index (χ1) is 9.13. The van der Waals surface area contributed by atoms with Crippen molar-refractivity contribution in [1.29, 1.82) is 0 Å². The van der Waals surface area contributed by atoms with Gasteiger partial charge >= 0.3 is 0 Å². The van der Waals surface area contributed by atoms with E-state index in [0.717, 1.165) is 18.1 Å². The van der Waals surface area contributed by atoms with Crippen molar-refractivity contribution in [2.24, 2.45) is 7.05 Å². The molecular formula is C13H19N5S. The van der Waals surface area contributed by atoms with E-state index < -0.39 is 0 Å². The highest BCUT2D eigenvalue weighted by atomic mass is 32.2. The molecule has 2 aromatic rings. The third-order valence-corrected chi connectivity index (χ3v) is 3.56. The summed E-state index contributed by atoms with van der Waals surface area (Å²) in [6.45, 7) is 5.21. The van der Waals surface area contributed by atoms with Gasteiger partial charge in [0, 0.05) is 17.5 Å². The van der Waals surface area contributed by atoms with Crippen molar-refractivity contribution in [3.63, 3.8) is 0 Å². The summed E-state index contributed by atoms with van der Waals surface area (Å²) < 4.78 is 0. The van der Waals surface area contributed by atoms with E-state index in [2.05, 4.69) is 58.8 Å². The number of aromatic nitrogens is 4. The third kappa shape index (κ3) is 4.65. The van der Waals surface area contributed by atoms with Crippen LogP contribution in [0.5, 0.6) is 0 Å². The number of tetrazole rings is 1. The van der Waals surface area contributed by atoms with Crippen LogP contribution in [0.2, 0.25) is 0 Å². The Morgan fingerprint density at radius 2 is 2.00 bits per heavy atom. The quantitative estimate of drug-likeness (QED) is 0.818. The molecule has 0 spiro atoms. The number of hydrogen-bond donors (Lipinski definition) is 1. The van der Waals surface area contributed by atoms with E-state index in [9.17, 15) is 0 Å². The van der Waals surface area contributed by atoms with Crippen LogP contribution in [0.3, 0.4) is 0 Å². The summed E-state index contributed by atoms with van der Waals surface area (Å²) in [4.78, 5) is 2.71. The van der Waals surface area contributed by atoms with E-state index >= 15 is 0 Å². The van der Waals surface area contributed by atoms with Crippen molar-refractivity contribution in [1.82, 2.24) is 25.5 Å². The van der Waals surface area contributed by atoms with Gasteiger partial charge in [0.2, 0.25) is 0 Å².